The van der Waals surface area contributed by atoms with E-state index < -0.39 is 0 Å². The van der Waals surface area contributed by atoms with Crippen molar-refractivity contribution in [1.29, 1.82) is 0 Å². The molecule has 1 N–H and O–H groups in total. The van der Waals surface area contributed by atoms with Crippen molar-refractivity contribution in [3.8, 4) is 5.75 Å². The first kappa shape index (κ1) is 15.8. The van der Waals surface area contributed by atoms with Gasteiger partial charge in [0.15, 0.2) is 0 Å². The molecule has 1 aromatic heterocycles. The highest BCUT2D eigenvalue weighted by atomic mass is 35.5. The standard InChI is InChI=1S/C17H21ClN2O/c1-4-19-17(15-10-9-13(18)11-20-15)14-7-5-6-8-16(14)21-12(2)3/h5-12,17,19H,4H2,1-3H3. The quantitative estimate of drug-likeness (QED) is 0.867. The highest BCUT2D eigenvalue weighted by Gasteiger charge is 2.19. The summed E-state index contributed by atoms with van der Waals surface area (Å²) < 4.78 is 5.92. The summed E-state index contributed by atoms with van der Waals surface area (Å²) in [5.74, 6) is 0.884. The first-order chi connectivity index (χ1) is 10.1. The Balaban J connectivity index is 2.40. The second kappa shape index (κ2) is 7.43. The Morgan fingerprint density at radius 3 is 2.57 bits per heavy atom. The second-order valence-corrected chi connectivity index (χ2v) is 5.53. The Hall–Kier alpha value is -1.58. The van der Waals surface area contributed by atoms with Gasteiger partial charge in [-0.3, -0.25) is 4.98 Å². The zero-order valence-corrected chi connectivity index (χ0v) is 13.4. The summed E-state index contributed by atoms with van der Waals surface area (Å²) in [6.45, 7) is 6.97. The molecule has 0 spiro atoms. The van der Waals surface area contributed by atoms with Crippen molar-refractivity contribution in [2.24, 2.45) is 0 Å². The molecule has 0 fully saturated rings. The third-order valence-corrected chi connectivity index (χ3v) is 3.27. The van der Waals surface area contributed by atoms with Crippen LogP contribution in [0.15, 0.2) is 42.6 Å². The minimum Gasteiger partial charge on any atom is -0.491 e. The van der Waals surface area contributed by atoms with E-state index in [0.717, 1.165) is 23.6 Å². The van der Waals surface area contributed by atoms with E-state index in [-0.39, 0.29) is 12.1 Å². The fraction of sp³-hybridized carbons (Fsp3) is 0.353. The van der Waals surface area contributed by atoms with Crippen LogP contribution >= 0.6 is 11.6 Å². The van der Waals surface area contributed by atoms with Crippen LogP contribution in [0.25, 0.3) is 0 Å². The van der Waals surface area contributed by atoms with Crippen molar-refractivity contribution in [2.45, 2.75) is 32.9 Å². The van der Waals surface area contributed by atoms with Crippen LogP contribution in [-0.2, 0) is 0 Å². The monoisotopic (exact) mass is 304 g/mol. The number of aromatic nitrogens is 1. The number of benzene rings is 1. The molecule has 0 radical (unpaired) electrons. The van der Waals surface area contributed by atoms with Crippen molar-refractivity contribution in [3.63, 3.8) is 0 Å². The van der Waals surface area contributed by atoms with Crippen LogP contribution in [0.5, 0.6) is 5.75 Å². The van der Waals surface area contributed by atoms with Crippen LogP contribution in [0.4, 0.5) is 0 Å². The Bertz CT molecular complexity index is 569. The van der Waals surface area contributed by atoms with E-state index >= 15 is 0 Å². The molecule has 1 unspecified atom stereocenters. The fourth-order valence-electron chi connectivity index (χ4n) is 2.22. The lowest BCUT2D eigenvalue weighted by molar-refractivity contribution is 0.238. The largest absolute Gasteiger partial charge is 0.491 e. The van der Waals surface area contributed by atoms with E-state index in [1.54, 1.807) is 6.20 Å². The number of nitrogens with one attached hydrogen (secondary N) is 1. The third kappa shape index (κ3) is 4.19. The maximum atomic E-state index is 5.93. The van der Waals surface area contributed by atoms with Crippen molar-refractivity contribution in [3.05, 3.63) is 58.9 Å². The van der Waals surface area contributed by atoms with Crippen molar-refractivity contribution < 1.29 is 4.74 Å². The zero-order chi connectivity index (χ0) is 15.2. The average molecular weight is 305 g/mol. The Morgan fingerprint density at radius 1 is 1.19 bits per heavy atom. The minimum atomic E-state index is -0.0118. The van der Waals surface area contributed by atoms with Gasteiger partial charge in [-0.2, -0.15) is 0 Å². The summed E-state index contributed by atoms with van der Waals surface area (Å²) in [6, 6.07) is 11.9. The van der Waals surface area contributed by atoms with Crippen LogP contribution in [0.3, 0.4) is 0 Å². The van der Waals surface area contributed by atoms with Gasteiger partial charge in [-0.05, 0) is 38.6 Å². The predicted molar refractivity (Wildman–Crippen MR) is 87.0 cm³/mol. The molecule has 1 aromatic carbocycles. The van der Waals surface area contributed by atoms with Gasteiger partial charge in [0.2, 0.25) is 0 Å². The van der Waals surface area contributed by atoms with Gasteiger partial charge in [-0.15, -0.1) is 0 Å². The lowest BCUT2D eigenvalue weighted by atomic mass is 10.0. The van der Waals surface area contributed by atoms with Gasteiger partial charge in [0.1, 0.15) is 5.75 Å². The lowest BCUT2D eigenvalue weighted by Crippen LogP contribution is -2.24. The molecule has 0 amide bonds. The lowest BCUT2D eigenvalue weighted by Gasteiger charge is -2.22. The second-order valence-electron chi connectivity index (χ2n) is 5.10. The van der Waals surface area contributed by atoms with Gasteiger partial charge in [-0.1, -0.05) is 36.7 Å². The van der Waals surface area contributed by atoms with E-state index in [9.17, 15) is 0 Å². The van der Waals surface area contributed by atoms with E-state index in [1.807, 2.05) is 44.2 Å². The van der Waals surface area contributed by atoms with Crippen LogP contribution in [0, 0.1) is 0 Å². The first-order valence-corrected chi connectivity index (χ1v) is 7.60. The van der Waals surface area contributed by atoms with Gasteiger partial charge >= 0.3 is 0 Å². The molecule has 0 aliphatic rings. The van der Waals surface area contributed by atoms with Crippen molar-refractivity contribution >= 4 is 11.6 Å². The molecule has 0 aliphatic heterocycles. The van der Waals surface area contributed by atoms with Crippen LogP contribution in [0.2, 0.25) is 5.02 Å². The third-order valence-electron chi connectivity index (χ3n) is 3.05. The van der Waals surface area contributed by atoms with Gasteiger partial charge < -0.3 is 10.1 Å². The molecule has 1 atom stereocenters. The minimum absolute atomic E-state index is 0.0118. The topological polar surface area (TPSA) is 34.2 Å². The molecule has 0 saturated heterocycles. The number of halogens is 1. The zero-order valence-electron chi connectivity index (χ0n) is 12.6. The molecule has 0 bridgehead atoms. The van der Waals surface area contributed by atoms with Crippen LogP contribution in [-0.4, -0.2) is 17.6 Å². The molecule has 2 rings (SSSR count). The molecule has 2 aromatic rings. The van der Waals surface area contributed by atoms with Crippen LogP contribution in [0.1, 0.15) is 38.1 Å². The average Bonchev–Trinajstić information content (AvgIpc) is 2.46. The Kier molecular flexibility index (Phi) is 5.59. The predicted octanol–water partition coefficient (Wildman–Crippen LogP) is 4.22. The van der Waals surface area contributed by atoms with E-state index in [4.69, 9.17) is 16.3 Å². The van der Waals surface area contributed by atoms with E-state index in [2.05, 4.69) is 23.3 Å². The molecular weight excluding hydrogens is 284 g/mol. The Morgan fingerprint density at radius 2 is 1.95 bits per heavy atom. The highest BCUT2D eigenvalue weighted by molar-refractivity contribution is 6.30. The Labute approximate surface area is 131 Å². The number of pyridine rings is 1. The summed E-state index contributed by atoms with van der Waals surface area (Å²) in [5.41, 5.74) is 2.02. The number of hydrogen-bond donors (Lipinski definition) is 1. The van der Waals surface area contributed by atoms with Crippen LogP contribution < -0.4 is 10.1 Å². The van der Waals surface area contributed by atoms with Gasteiger partial charge in [0.25, 0.3) is 0 Å². The van der Waals surface area contributed by atoms with Crippen molar-refractivity contribution in [2.75, 3.05) is 6.54 Å². The molecule has 4 heteroatoms. The number of hydrogen-bond acceptors (Lipinski definition) is 3. The van der Waals surface area contributed by atoms with E-state index in [1.165, 1.54) is 0 Å². The molecule has 0 aliphatic carbocycles. The maximum absolute atomic E-state index is 5.93. The van der Waals surface area contributed by atoms with Gasteiger partial charge in [-0.25, -0.2) is 0 Å². The fourth-order valence-corrected chi connectivity index (χ4v) is 2.33. The van der Waals surface area contributed by atoms with Gasteiger partial charge in [0.05, 0.1) is 22.9 Å². The SMILES string of the molecule is CCNC(c1ccc(Cl)cn1)c1ccccc1OC(C)C. The number of rotatable bonds is 6. The number of para-hydroxylation sites is 1. The van der Waals surface area contributed by atoms with E-state index in [0.29, 0.717) is 5.02 Å². The molecule has 21 heavy (non-hydrogen) atoms. The number of ether oxygens (including phenoxy) is 1. The molecule has 0 saturated carbocycles. The summed E-state index contributed by atoms with van der Waals surface area (Å²) in [5, 5.41) is 4.10. The number of nitrogens with zero attached hydrogens (tertiary/aromatic N) is 1. The summed E-state index contributed by atoms with van der Waals surface area (Å²) in [6.07, 6.45) is 1.80. The molecule has 1 heterocycles. The summed E-state index contributed by atoms with van der Waals surface area (Å²) >= 11 is 5.93. The molecule has 3 nitrogen and oxygen atoms in total. The smallest absolute Gasteiger partial charge is 0.124 e. The normalized spacial score (nSPS) is 12.4. The first-order valence-electron chi connectivity index (χ1n) is 7.22. The van der Waals surface area contributed by atoms with Gasteiger partial charge in [0, 0.05) is 11.8 Å². The van der Waals surface area contributed by atoms with Crippen molar-refractivity contribution in [1.82, 2.24) is 10.3 Å². The summed E-state index contributed by atoms with van der Waals surface area (Å²) in [4.78, 5) is 4.44. The molecule has 112 valence electrons. The highest BCUT2D eigenvalue weighted by Crippen LogP contribution is 2.30. The summed E-state index contributed by atoms with van der Waals surface area (Å²) in [7, 11) is 0. The molecular formula is C17H21ClN2O. The maximum Gasteiger partial charge on any atom is 0.124 e.